The molecule has 2 saturated carbocycles. The van der Waals surface area contributed by atoms with Gasteiger partial charge in [-0.05, 0) is 43.4 Å². The molecule has 1 heterocycles. The number of morpholine rings is 1. The van der Waals surface area contributed by atoms with Gasteiger partial charge in [0.25, 0.3) is 0 Å². The molecule has 3 unspecified atom stereocenters. The lowest BCUT2D eigenvalue weighted by Gasteiger charge is -2.48. The summed E-state index contributed by atoms with van der Waals surface area (Å²) in [6.07, 6.45) is 11.5. The Labute approximate surface area is 118 Å². The van der Waals surface area contributed by atoms with Crippen molar-refractivity contribution in [1.82, 2.24) is 5.32 Å². The first kappa shape index (κ1) is 13.9. The van der Waals surface area contributed by atoms with Gasteiger partial charge >= 0.3 is 0 Å². The van der Waals surface area contributed by atoms with E-state index in [1.165, 1.54) is 51.4 Å². The minimum Gasteiger partial charge on any atom is -0.369 e. The second kappa shape index (κ2) is 5.73. The molecule has 1 aliphatic heterocycles. The van der Waals surface area contributed by atoms with Crippen molar-refractivity contribution in [2.45, 2.75) is 76.9 Å². The molecule has 0 radical (unpaired) electrons. The average Bonchev–Trinajstić information content (AvgIpc) is 2.79. The lowest BCUT2D eigenvalue weighted by Crippen LogP contribution is -2.57. The summed E-state index contributed by atoms with van der Waals surface area (Å²) in [6.45, 7) is 6.98. The Morgan fingerprint density at radius 3 is 2.47 bits per heavy atom. The van der Waals surface area contributed by atoms with Crippen molar-refractivity contribution < 1.29 is 4.74 Å². The number of ether oxygens (including phenoxy) is 1. The van der Waals surface area contributed by atoms with Crippen molar-refractivity contribution in [3.05, 3.63) is 0 Å². The van der Waals surface area contributed by atoms with E-state index in [0.29, 0.717) is 6.10 Å². The van der Waals surface area contributed by atoms with E-state index >= 15 is 0 Å². The SMILES string of the molecule is CC1CC(C)CC2(CNCC(CC3CCCC3)O2)C1. The third-order valence-corrected chi connectivity index (χ3v) is 5.55. The van der Waals surface area contributed by atoms with Crippen LogP contribution in [-0.2, 0) is 4.74 Å². The fourth-order valence-electron chi connectivity index (χ4n) is 5.09. The van der Waals surface area contributed by atoms with Gasteiger partial charge in [0.2, 0.25) is 0 Å². The van der Waals surface area contributed by atoms with Gasteiger partial charge in [0, 0.05) is 13.1 Å². The largest absolute Gasteiger partial charge is 0.369 e. The lowest BCUT2D eigenvalue weighted by molar-refractivity contribution is -0.154. The summed E-state index contributed by atoms with van der Waals surface area (Å²) in [5.74, 6) is 2.60. The van der Waals surface area contributed by atoms with Gasteiger partial charge in [-0.15, -0.1) is 0 Å². The molecule has 2 aliphatic carbocycles. The van der Waals surface area contributed by atoms with Crippen LogP contribution in [0.5, 0.6) is 0 Å². The van der Waals surface area contributed by atoms with Gasteiger partial charge in [-0.1, -0.05) is 39.5 Å². The van der Waals surface area contributed by atoms with Crippen LogP contribution in [0.2, 0.25) is 0 Å². The summed E-state index contributed by atoms with van der Waals surface area (Å²) in [4.78, 5) is 0. The van der Waals surface area contributed by atoms with E-state index in [1.807, 2.05) is 0 Å². The van der Waals surface area contributed by atoms with Gasteiger partial charge in [0.1, 0.15) is 0 Å². The van der Waals surface area contributed by atoms with Crippen LogP contribution in [0.1, 0.15) is 65.2 Å². The van der Waals surface area contributed by atoms with Crippen LogP contribution >= 0.6 is 0 Å². The fraction of sp³-hybridized carbons (Fsp3) is 1.00. The molecule has 0 amide bonds. The molecule has 1 saturated heterocycles. The fourth-order valence-corrected chi connectivity index (χ4v) is 5.09. The molecule has 0 aromatic rings. The summed E-state index contributed by atoms with van der Waals surface area (Å²) in [6, 6.07) is 0. The molecule has 0 aromatic carbocycles. The molecule has 0 bridgehead atoms. The van der Waals surface area contributed by atoms with Crippen molar-refractivity contribution >= 4 is 0 Å². The number of hydrogen-bond donors (Lipinski definition) is 1. The van der Waals surface area contributed by atoms with Crippen LogP contribution in [0, 0.1) is 17.8 Å². The van der Waals surface area contributed by atoms with Gasteiger partial charge < -0.3 is 10.1 Å². The maximum Gasteiger partial charge on any atom is 0.0815 e. The molecule has 0 aromatic heterocycles. The Hall–Kier alpha value is -0.0800. The summed E-state index contributed by atoms with van der Waals surface area (Å²) in [5.41, 5.74) is 0.165. The summed E-state index contributed by atoms with van der Waals surface area (Å²) in [7, 11) is 0. The van der Waals surface area contributed by atoms with Crippen LogP contribution in [0.4, 0.5) is 0 Å². The molecule has 1 spiro atoms. The Balaban J connectivity index is 1.60. The van der Waals surface area contributed by atoms with Crippen LogP contribution in [0.3, 0.4) is 0 Å². The Morgan fingerprint density at radius 2 is 1.79 bits per heavy atom. The van der Waals surface area contributed by atoms with Crippen LogP contribution in [-0.4, -0.2) is 24.8 Å². The summed E-state index contributed by atoms with van der Waals surface area (Å²) in [5, 5.41) is 3.69. The van der Waals surface area contributed by atoms with Crippen LogP contribution in [0.15, 0.2) is 0 Å². The minimum absolute atomic E-state index is 0.165. The van der Waals surface area contributed by atoms with Crippen molar-refractivity contribution in [2.24, 2.45) is 17.8 Å². The highest BCUT2D eigenvalue weighted by molar-refractivity contribution is 4.95. The first-order chi connectivity index (χ1) is 9.15. The van der Waals surface area contributed by atoms with Gasteiger partial charge in [0.15, 0.2) is 0 Å². The van der Waals surface area contributed by atoms with Gasteiger partial charge in [-0.3, -0.25) is 0 Å². The summed E-state index contributed by atoms with van der Waals surface area (Å²) < 4.78 is 6.66. The maximum absolute atomic E-state index is 6.66. The number of nitrogens with one attached hydrogen (secondary N) is 1. The third-order valence-electron chi connectivity index (χ3n) is 5.55. The molecular formula is C17H31NO. The zero-order valence-electron chi connectivity index (χ0n) is 12.8. The molecule has 19 heavy (non-hydrogen) atoms. The van der Waals surface area contributed by atoms with E-state index in [9.17, 15) is 0 Å². The zero-order chi connectivity index (χ0) is 13.3. The van der Waals surface area contributed by atoms with E-state index in [1.54, 1.807) is 0 Å². The number of hydrogen-bond acceptors (Lipinski definition) is 2. The smallest absolute Gasteiger partial charge is 0.0815 e. The van der Waals surface area contributed by atoms with Gasteiger partial charge in [-0.2, -0.15) is 0 Å². The van der Waals surface area contributed by atoms with Crippen LogP contribution in [0.25, 0.3) is 0 Å². The second-order valence-electron chi connectivity index (χ2n) is 7.79. The predicted molar refractivity (Wildman–Crippen MR) is 79.2 cm³/mol. The Kier molecular flexibility index (Phi) is 4.19. The first-order valence-corrected chi connectivity index (χ1v) is 8.54. The highest BCUT2D eigenvalue weighted by Crippen LogP contribution is 2.41. The monoisotopic (exact) mass is 265 g/mol. The quantitative estimate of drug-likeness (QED) is 0.821. The first-order valence-electron chi connectivity index (χ1n) is 8.54. The van der Waals surface area contributed by atoms with Crippen LogP contribution < -0.4 is 5.32 Å². The summed E-state index contributed by atoms with van der Waals surface area (Å²) >= 11 is 0. The third kappa shape index (κ3) is 3.33. The second-order valence-corrected chi connectivity index (χ2v) is 7.79. The molecule has 3 atom stereocenters. The lowest BCUT2D eigenvalue weighted by atomic mass is 9.73. The topological polar surface area (TPSA) is 21.3 Å². The van der Waals surface area contributed by atoms with E-state index in [-0.39, 0.29) is 5.60 Å². The highest BCUT2D eigenvalue weighted by atomic mass is 16.5. The van der Waals surface area contributed by atoms with E-state index in [2.05, 4.69) is 19.2 Å². The molecule has 110 valence electrons. The van der Waals surface area contributed by atoms with Crippen molar-refractivity contribution in [1.29, 1.82) is 0 Å². The minimum atomic E-state index is 0.165. The molecule has 1 N–H and O–H groups in total. The predicted octanol–water partition coefficient (Wildman–Crippen LogP) is 3.75. The van der Waals surface area contributed by atoms with Crippen molar-refractivity contribution in [3.8, 4) is 0 Å². The zero-order valence-corrected chi connectivity index (χ0v) is 12.8. The van der Waals surface area contributed by atoms with E-state index in [0.717, 1.165) is 30.8 Å². The molecule has 3 rings (SSSR count). The number of rotatable bonds is 2. The highest BCUT2D eigenvalue weighted by Gasteiger charge is 2.42. The Morgan fingerprint density at radius 1 is 1.11 bits per heavy atom. The average molecular weight is 265 g/mol. The van der Waals surface area contributed by atoms with Crippen molar-refractivity contribution in [2.75, 3.05) is 13.1 Å². The molecule has 2 nitrogen and oxygen atoms in total. The molecule has 3 fully saturated rings. The van der Waals surface area contributed by atoms with E-state index < -0.39 is 0 Å². The Bertz CT molecular complexity index is 288. The molecule has 3 aliphatic rings. The molecule has 2 heteroatoms. The molecular weight excluding hydrogens is 234 g/mol. The van der Waals surface area contributed by atoms with Gasteiger partial charge in [0.05, 0.1) is 11.7 Å². The normalized spacial score (nSPS) is 44.8. The standard InChI is InChI=1S/C17H31NO/c1-13-7-14(2)10-17(9-13)12-18-11-16(19-17)8-15-5-3-4-6-15/h13-16,18H,3-12H2,1-2H3. The maximum atomic E-state index is 6.66. The van der Waals surface area contributed by atoms with Crippen molar-refractivity contribution in [3.63, 3.8) is 0 Å². The van der Waals surface area contributed by atoms with E-state index in [4.69, 9.17) is 4.74 Å². The van der Waals surface area contributed by atoms with Gasteiger partial charge in [-0.25, -0.2) is 0 Å².